The molecule has 0 N–H and O–H groups in total. The van der Waals surface area contributed by atoms with E-state index >= 15 is 0 Å². The Balaban J connectivity index is 1.79. The fraction of sp³-hybridized carbons (Fsp3) is 0.474. The van der Waals surface area contributed by atoms with Crippen LogP contribution in [0.5, 0.6) is 0 Å². The second-order valence-corrected chi connectivity index (χ2v) is 6.63. The van der Waals surface area contributed by atoms with E-state index in [9.17, 15) is 4.79 Å². The van der Waals surface area contributed by atoms with Crippen LogP contribution in [0, 0.1) is 13.8 Å². The van der Waals surface area contributed by atoms with Crippen molar-refractivity contribution in [2.75, 3.05) is 6.54 Å². The van der Waals surface area contributed by atoms with Gasteiger partial charge in [-0.25, -0.2) is 0 Å². The molecule has 0 unspecified atom stereocenters. The van der Waals surface area contributed by atoms with Crippen molar-refractivity contribution in [1.29, 1.82) is 0 Å². The van der Waals surface area contributed by atoms with Crippen LogP contribution in [-0.4, -0.2) is 33.2 Å². The third-order valence-electron chi connectivity index (χ3n) is 4.67. The Morgan fingerprint density at radius 3 is 2.78 bits per heavy atom. The fourth-order valence-corrected chi connectivity index (χ4v) is 3.38. The maximum absolute atomic E-state index is 12.8. The van der Waals surface area contributed by atoms with E-state index in [-0.39, 0.29) is 5.91 Å². The molecular weight excluding hydrogens is 286 g/mol. The normalized spacial score (nSPS) is 18.2. The molecule has 4 nitrogen and oxygen atoms in total. The van der Waals surface area contributed by atoms with Crippen molar-refractivity contribution in [3.8, 4) is 0 Å². The first kappa shape index (κ1) is 15.8. The predicted octanol–water partition coefficient (Wildman–Crippen LogP) is 3.56. The van der Waals surface area contributed by atoms with Crippen molar-refractivity contribution >= 4 is 5.91 Å². The highest BCUT2D eigenvalue weighted by Gasteiger charge is 2.24. The molecule has 1 aromatic carbocycles. The monoisotopic (exact) mass is 311 g/mol. The second-order valence-electron chi connectivity index (χ2n) is 6.63. The van der Waals surface area contributed by atoms with E-state index in [1.807, 2.05) is 34.7 Å². The summed E-state index contributed by atoms with van der Waals surface area (Å²) in [6.45, 7) is 7.79. The minimum Gasteiger partial charge on any atom is -0.336 e. The number of rotatable bonds is 3. The van der Waals surface area contributed by atoms with Gasteiger partial charge in [-0.05, 0) is 63.8 Å². The smallest absolute Gasteiger partial charge is 0.254 e. The molecular formula is C19H25N3O. The molecule has 2 heterocycles. The number of piperidine rings is 1. The summed E-state index contributed by atoms with van der Waals surface area (Å²) in [5, 5.41) is 4.50. The largest absolute Gasteiger partial charge is 0.336 e. The summed E-state index contributed by atoms with van der Waals surface area (Å²) < 4.78 is 1.99. The van der Waals surface area contributed by atoms with Gasteiger partial charge >= 0.3 is 0 Å². The number of hydrogen-bond acceptors (Lipinski definition) is 2. The molecule has 1 atom stereocenters. The molecule has 1 aliphatic rings. The molecule has 1 amide bonds. The number of carbonyl (C=O) groups is 1. The Kier molecular flexibility index (Phi) is 4.51. The minimum absolute atomic E-state index is 0.160. The number of aryl methyl sites for hydroxylation is 2. The van der Waals surface area contributed by atoms with Gasteiger partial charge in [0.1, 0.15) is 0 Å². The lowest BCUT2D eigenvalue weighted by atomic mass is 10.0. The quantitative estimate of drug-likeness (QED) is 0.869. The van der Waals surface area contributed by atoms with Crippen LogP contribution in [0.25, 0.3) is 0 Å². The first-order valence-corrected chi connectivity index (χ1v) is 8.45. The van der Waals surface area contributed by atoms with Gasteiger partial charge in [-0.2, -0.15) is 5.10 Å². The fourth-order valence-electron chi connectivity index (χ4n) is 3.38. The first-order chi connectivity index (χ1) is 11.0. The summed E-state index contributed by atoms with van der Waals surface area (Å²) in [7, 11) is 0. The van der Waals surface area contributed by atoms with Gasteiger partial charge in [0, 0.05) is 23.8 Å². The zero-order chi connectivity index (χ0) is 16.4. The molecule has 3 rings (SSSR count). The molecule has 1 aliphatic heterocycles. The van der Waals surface area contributed by atoms with Crippen LogP contribution in [0.2, 0.25) is 0 Å². The summed E-state index contributed by atoms with van der Waals surface area (Å²) in [5.41, 5.74) is 4.07. The molecule has 0 saturated carbocycles. The molecule has 4 heteroatoms. The van der Waals surface area contributed by atoms with E-state index in [0.29, 0.717) is 12.6 Å². The van der Waals surface area contributed by atoms with E-state index in [0.717, 1.165) is 41.9 Å². The number of carbonyl (C=O) groups excluding carboxylic acids is 1. The van der Waals surface area contributed by atoms with Gasteiger partial charge in [-0.1, -0.05) is 12.1 Å². The van der Waals surface area contributed by atoms with Gasteiger partial charge in [0.05, 0.1) is 12.2 Å². The Hall–Kier alpha value is -2.10. The topological polar surface area (TPSA) is 38.1 Å². The lowest BCUT2D eigenvalue weighted by Gasteiger charge is -2.33. The first-order valence-electron chi connectivity index (χ1n) is 8.45. The van der Waals surface area contributed by atoms with E-state index < -0.39 is 0 Å². The van der Waals surface area contributed by atoms with E-state index in [1.165, 1.54) is 6.42 Å². The van der Waals surface area contributed by atoms with Crippen LogP contribution in [0.15, 0.2) is 30.3 Å². The number of benzene rings is 1. The van der Waals surface area contributed by atoms with Crippen molar-refractivity contribution in [2.24, 2.45) is 0 Å². The third-order valence-corrected chi connectivity index (χ3v) is 4.67. The zero-order valence-corrected chi connectivity index (χ0v) is 14.2. The van der Waals surface area contributed by atoms with Crippen LogP contribution in [0.1, 0.15) is 53.5 Å². The molecule has 0 radical (unpaired) electrons. The Bertz CT molecular complexity index is 704. The van der Waals surface area contributed by atoms with Crippen LogP contribution >= 0.6 is 0 Å². The zero-order valence-electron chi connectivity index (χ0n) is 14.2. The van der Waals surface area contributed by atoms with Crippen LogP contribution < -0.4 is 0 Å². The van der Waals surface area contributed by atoms with E-state index in [2.05, 4.69) is 31.1 Å². The second kappa shape index (κ2) is 6.57. The average molecular weight is 311 g/mol. The maximum Gasteiger partial charge on any atom is 0.254 e. The molecule has 0 bridgehead atoms. The number of aromatic nitrogens is 2. The highest BCUT2D eigenvalue weighted by molar-refractivity contribution is 5.94. The molecule has 1 aromatic heterocycles. The maximum atomic E-state index is 12.8. The standard InChI is InChI=1S/C19H25N3O/c1-14-11-16(3)22(20-14)13-17-8-6-9-18(12-17)19(23)21-10-5-4-7-15(21)2/h6,8-9,11-12,15H,4-5,7,10,13H2,1-3H3/t15-/m0/s1. The molecule has 1 saturated heterocycles. The highest BCUT2D eigenvalue weighted by atomic mass is 16.2. The molecule has 122 valence electrons. The Labute approximate surface area is 138 Å². The van der Waals surface area contributed by atoms with Gasteiger partial charge in [-0.3, -0.25) is 9.48 Å². The van der Waals surface area contributed by atoms with Gasteiger partial charge < -0.3 is 4.90 Å². The number of hydrogen-bond donors (Lipinski definition) is 0. The lowest BCUT2D eigenvalue weighted by molar-refractivity contribution is 0.0635. The highest BCUT2D eigenvalue weighted by Crippen LogP contribution is 2.20. The van der Waals surface area contributed by atoms with Crippen molar-refractivity contribution in [1.82, 2.24) is 14.7 Å². The summed E-state index contributed by atoms with van der Waals surface area (Å²) in [6.07, 6.45) is 3.45. The molecule has 2 aromatic rings. The van der Waals surface area contributed by atoms with Gasteiger partial charge in [-0.15, -0.1) is 0 Å². The Morgan fingerprint density at radius 2 is 2.09 bits per heavy atom. The number of nitrogens with zero attached hydrogens (tertiary/aromatic N) is 3. The average Bonchev–Trinajstić information content (AvgIpc) is 2.85. The Morgan fingerprint density at radius 1 is 1.26 bits per heavy atom. The van der Waals surface area contributed by atoms with Crippen LogP contribution in [0.4, 0.5) is 0 Å². The minimum atomic E-state index is 0.160. The van der Waals surface area contributed by atoms with Crippen molar-refractivity contribution in [2.45, 2.75) is 52.6 Å². The van der Waals surface area contributed by atoms with E-state index in [4.69, 9.17) is 0 Å². The lowest BCUT2D eigenvalue weighted by Crippen LogP contribution is -2.42. The molecule has 0 aliphatic carbocycles. The van der Waals surface area contributed by atoms with Crippen LogP contribution in [0.3, 0.4) is 0 Å². The predicted molar refractivity (Wildman–Crippen MR) is 91.6 cm³/mol. The summed E-state index contributed by atoms with van der Waals surface area (Å²) in [6, 6.07) is 10.4. The molecule has 0 spiro atoms. The van der Waals surface area contributed by atoms with E-state index in [1.54, 1.807) is 0 Å². The number of amides is 1. The number of likely N-dealkylation sites (tertiary alicyclic amines) is 1. The third kappa shape index (κ3) is 3.46. The summed E-state index contributed by atoms with van der Waals surface area (Å²) in [4.78, 5) is 14.8. The molecule has 23 heavy (non-hydrogen) atoms. The van der Waals surface area contributed by atoms with Gasteiger partial charge in [0.25, 0.3) is 5.91 Å². The van der Waals surface area contributed by atoms with Gasteiger partial charge in [0.15, 0.2) is 0 Å². The SMILES string of the molecule is Cc1cc(C)n(Cc2cccc(C(=O)N3CCCC[C@@H]3C)c2)n1. The molecule has 1 fully saturated rings. The summed E-state index contributed by atoms with van der Waals surface area (Å²) in [5.74, 6) is 0.160. The van der Waals surface area contributed by atoms with Crippen molar-refractivity contribution in [3.63, 3.8) is 0 Å². The van der Waals surface area contributed by atoms with Gasteiger partial charge in [0.2, 0.25) is 0 Å². The summed E-state index contributed by atoms with van der Waals surface area (Å²) >= 11 is 0. The van der Waals surface area contributed by atoms with Crippen molar-refractivity contribution < 1.29 is 4.79 Å². The van der Waals surface area contributed by atoms with Crippen LogP contribution in [-0.2, 0) is 6.54 Å². The van der Waals surface area contributed by atoms with Crippen molar-refractivity contribution in [3.05, 3.63) is 52.8 Å².